The van der Waals surface area contributed by atoms with Gasteiger partial charge in [-0.15, -0.1) is 24.0 Å². The maximum absolute atomic E-state index is 5.25. The van der Waals surface area contributed by atoms with Crippen molar-refractivity contribution < 1.29 is 4.74 Å². The summed E-state index contributed by atoms with van der Waals surface area (Å²) in [6, 6.07) is 8.85. The fourth-order valence-electron chi connectivity index (χ4n) is 3.71. The first-order chi connectivity index (χ1) is 14.1. The molecule has 2 N–H and O–H groups in total. The number of guanidine groups is 1. The molecule has 2 unspecified atom stereocenters. The maximum Gasteiger partial charge on any atom is 0.191 e. The number of methoxy groups -OCH3 is 1. The van der Waals surface area contributed by atoms with Crippen molar-refractivity contribution in [3.05, 3.63) is 29.8 Å². The number of hydrogen-bond acceptors (Lipinski definition) is 4. The minimum absolute atomic E-state index is 0. The van der Waals surface area contributed by atoms with E-state index >= 15 is 0 Å². The molecule has 6 nitrogen and oxygen atoms in total. The summed E-state index contributed by atoms with van der Waals surface area (Å²) in [5.41, 5.74) is 1.34. The molecule has 0 saturated carbocycles. The molecule has 2 rings (SSSR count). The van der Waals surface area contributed by atoms with Gasteiger partial charge in [0, 0.05) is 45.3 Å². The zero-order valence-electron chi connectivity index (χ0n) is 19.5. The highest BCUT2D eigenvalue weighted by molar-refractivity contribution is 14.0. The van der Waals surface area contributed by atoms with Gasteiger partial charge in [-0.3, -0.25) is 9.89 Å². The van der Waals surface area contributed by atoms with Crippen molar-refractivity contribution in [1.29, 1.82) is 0 Å². The lowest BCUT2D eigenvalue weighted by molar-refractivity contribution is 0.109. The third-order valence-electron chi connectivity index (χ3n) is 5.89. The molecule has 1 aliphatic rings. The first kappa shape index (κ1) is 27.0. The molecule has 1 aliphatic heterocycles. The van der Waals surface area contributed by atoms with E-state index in [0.717, 1.165) is 57.4 Å². The van der Waals surface area contributed by atoms with Crippen molar-refractivity contribution in [3.8, 4) is 5.75 Å². The Balaban J connectivity index is 0.00000450. The molecule has 0 spiro atoms. The molecule has 1 fully saturated rings. The smallest absolute Gasteiger partial charge is 0.191 e. The van der Waals surface area contributed by atoms with Gasteiger partial charge >= 0.3 is 0 Å². The number of halogens is 1. The number of piperazine rings is 1. The van der Waals surface area contributed by atoms with E-state index in [1.54, 1.807) is 7.11 Å². The van der Waals surface area contributed by atoms with E-state index in [1.807, 2.05) is 12.1 Å². The summed E-state index contributed by atoms with van der Waals surface area (Å²) >= 11 is 0. The van der Waals surface area contributed by atoms with Gasteiger partial charge in [0.1, 0.15) is 5.75 Å². The summed E-state index contributed by atoms with van der Waals surface area (Å²) in [4.78, 5) is 9.92. The summed E-state index contributed by atoms with van der Waals surface area (Å²) in [6.07, 6.45) is 1.06. The lowest BCUT2D eigenvalue weighted by Crippen LogP contribution is -2.50. The van der Waals surface area contributed by atoms with Crippen LogP contribution in [-0.4, -0.2) is 81.3 Å². The monoisotopic (exact) mass is 531 g/mol. The molecule has 1 aromatic rings. The minimum atomic E-state index is 0. The Morgan fingerprint density at radius 3 is 2.30 bits per heavy atom. The lowest BCUT2D eigenvalue weighted by atomic mass is 9.98. The van der Waals surface area contributed by atoms with Gasteiger partial charge in [0.05, 0.1) is 13.7 Å². The van der Waals surface area contributed by atoms with Crippen LogP contribution in [0.2, 0.25) is 0 Å². The van der Waals surface area contributed by atoms with E-state index in [4.69, 9.17) is 9.73 Å². The molecule has 0 aliphatic carbocycles. The van der Waals surface area contributed by atoms with Gasteiger partial charge in [0.15, 0.2) is 5.96 Å². The van der Waals surface area contributed by atoms with E-state index in [1.165, 1.54) is 18.7 Å². The summed E-state index contributed by atoms with van der Waals surface area (Å²) in [5, 5.41) is 6.89. The Labute approximate surface area is 200 Å². The van der Waals surface area contributed by atoms with Gasteiger partial charge in [0.2, 0.25) is 0 Å². The van der Waals surface area contributed by atoms with Gasteiger partial charge in [-0.25, -0.2) is 0 Å². The predicted molar refractivity (Wildman–Crippen MR) is 139 cm³/mol. The molecule has 30 heavy (non-hydrogen) atoms. The number of rotatable bonds is 10. The number of aliphatic imine (C=N–C) groups is 1. The molecular weight excluding hydrogens is 489 g/mol. The van der Waals surface area contributed by atoms with E-state index in [0.29, 0.717) is 12.0 Å². The quantitative estimate of drug-likeness (QED) is 0.276. The Morgan fingerprint density at radius 1 is 1.07 bits per heavy atom. The second-order valence-electron chi connectivity index (χ2n) is 7.93. The molecule has 1 heterocycles. The van der Waals surface area contributed by atoms with Crippen LogP contribution in [-0.2, 0) is 0 Å². The van der Waals surface area contributed by atoms with Gasteiger partial charge in [0.25, 0.3) is 0 Å². The summed E-state index contributed by atoms with van der Waals surface area (Å²) in [6.45, 7) is 17.3. The number of likely N-dealkylation sites (N-methyl/N-ethyl adjacent to an activating group) is 1. The molecule has 7 heteroatoms. The minimum Gasteiger partial charge on any atom is -0.497 e. The molecule has 172 valence electrons. The third-order valence-corrected chi connectivity index (χ3v) is 5.89. The van der Waals surface area contributed by atoms with Crippen molar-refractivity contribution in [1.82, 2.24) is 20.4 Å². The molecule has 0 amide bonds. The Bertz CT molecular complexity index is 602. The summed E-state index contributed by atoms with van der Waals surface area (Å²) in [5.74, 6) is 2.32. The van der Waals surface area contributed by atoms with Gasteiger partial charge in [-0.1, -0.05) is 26.0 Å². The highest BCUT2D eigenvalue weighted by Gasteiger charge is 2.19. The topological polar surface area (TPSA) is 52.1 Å². The average molecular weight is 532 g/mol. The average Bonchev–Trinajstić information content (AvgIpc) is 2.77. The highest BCUT2D eigenvalue weighted by atomic mass is 127. The van der Waals surface area contributed by atoms with Crippen LogP contribution in [0.15, 0.2) is 29.3 Å². The first-order valence-corrected chi connectivity index (χ1v) is 11.2. The zero-order chi connectivity index (χ0) is 21.1. The molecule has 1 saturated heterocycles. The lowest BCUT2D eigenvalue weighted by Gasteiger charge is -2.37. The van der Waals surface area contributed by atoms with Crippen molar-refractivity contribution >= 4 is 29.9 Å². The third kappa shape index (κ3) is 8.98. The van der Waals surface area contributed by atoms with Crippen LogP contribution in [0.5, 0.6) is 5.75 Å². The van der Waals surface area contributed by atoms with E-state index in [2.05, 4.69) is 60.3 Å². The zero-order valence-corrected chi connectivity index (χ0v) is 21.8. The van der Waals surface area contributed by atoms with Crippen molar-refractivity contribution in [2.24, 2.45) is 4.99 Å². The normalized spacial score (nSPS) is 17.7. The van der Waals surface area contributed by atoms with Crippen LogP contribution in [0.3, 0.4) is 0 Å². The van der Waals surface area contributed by atoms with Gasteiger partial charge < -0.3 is 20.3 Å². The molecule has 0 radical (unpaired) electrons. The number of ether oxygens (including phenoxy) is 1. The molecule has 2 atom stereocenters. The van der Waals surface area contributed by atoms with Crippen molar-refractivity contribution in [2.45, 2.75) is 46.1 Å². The number of benzene rings is 1. The van der Waals surface area contributed by atoms with Crippen LogP contribution >= 0.6 is 24.0 Å². The van der Waals surface area contributed by atoms with Crippen LogP contribution in [0.25, 0.3) is 0 Å². The van der Waals surface area contributed by atoms with Crippen LogP contribution < -0.4 is 15.4 Å². The number of nitrogens with one attached hydrogen (secondary N) is 2. The highest BCUT2D eigenvalue weighted by Crippen LogP contribution is 2.21. The maximum atomic E-state index is 5.25. The Morgan fingerprint density at radius 2 is 1.73 bits per heavy atom. The first-order valence-electron chi connectivity index (χ1n) is 11.2. The van der Waals surface area contributed by atoms with Crippen LogP contribution in [0, 0.1) is 0 Å². The second-order valence-corrected chi connectivity index (χ2v) is 7.93. The Hall–Kier alpha value is -1.06. The number of nitrogens with zero attached hydrogens (tertiary/aromatic N) is 3. The fourth-order valence-corrected chi connectivity index (χ4v) is 3.71. The molecular formula is C23H42IN5O. The molecule has 0 bridgehead atoms. The van der Waals surface area contributed by atoms with E-state index in [-0.39, 0.29) is 24.0 Å². The standard InChI is InChI=1S/C23H41N5O.HI/c1-6-24-23(26-18-20(4)28-16-14-27(7-2)15-17-28)25-13-12-19(3)21-8-10-22(29-5)11-9-21;/h8-11,19-20H,6-7,12-18H2,1-5H3,(H2,24,25,26);1H. The van der Waals surface area contributed by atoms with Crippen molar-refractivity contribution in [3.63, 3.8) is 0 Å². The van der Waals surface area contributed by atoms with Gasteiger partial charge in [-0.2, -0.15) is 0 Å². The van der Waals surface area contributed by atoms with E-state index < -0.39 is 0 Å². The van der Waals surface area contributed by atoms with Crippen molar-refractivity contribution in [2.75, 3.05) is 59.5 Å². The molecule has 0 aromatic heterocycles. The number of hydrogen-bond donors (Lipinski definition) is 2. The summed E-state index contributed by atoms with van der Waals surface area (Å²) < 4.78 is 5.25. The van der Waals surface area contributed by atoms with Gasteiger partial charge in [-0.05, 0) is 50.4 Å². The SMILES string of the molecule is CCNC(=NCC(C)N1CCN(CC)CC1)NCCC(C)c1ccc(OC)cc1.I. The largest absolute Gasteiger partial charge is 0.497 e. The second kappa shape index (κ2) is 14.9. The Kier molecular flexibility index (Phi) is 13.4. The fraction of sp³-hybridized carbons (Fsp3) is 0.696. The predicted octanol–water partition coefficient (Wildman–Crippen LogP) is 3.39. The molecule has 1 aromatic carbocycles. The van der Waals surface area contributed by atoms with Crippen LogP contribution in [0.4, 0.5) is 0 Å². The van der Waals surface area contributed by atoms with Crippen LogP contribution in [0.1, 0.15) is 45.6 Å². The van der Waals surface area contributed by atoms with E-state index in [9.17, 15) is 0 Å². The summed E-state index contributed by atoms with van der Waals surface area (Å²) in [7, 11) is 1.70.